The van der Waals surface area contributed by atoms with E-state index in [1.807, 2.05) is 31.3 Å². The lowest BCUT2D eigenvalue weighted by Gasteiger charge is -2.01. The Bertz CT molecular complexity index is 622. The molecule has 0 aliphatic rings. The molecule has 9 nitrogen and oxygen atoms in total. The van der Waals surface area contributed by atoms with E-state index in [1.54, 1.807) is 25.2 Å². The summed E-state index contributed by atoms with van der Waals surface area (Å²) in [6.45, 7) is -0.250. The second-order valence-corrected chi connectivity index (χ2v) is 3.97. The summed E-state index contributed by atoms with van der Waals surface area (Å²) < 4.78 is 0. The molecule has 24 heavy (non-hydrogen) atoms. The molecule has 0 bridgehead atoms. The Morgan fingerprint density at radius 3 is 1.79 bits per heavy atom. The van der Waals surface area contributed by atoms with Crippen LogP contribution in [0.2, 0.25) is 0 Å². The van der Waals surface area contributed by atoms with Crippen LogP contribution < -0.4 is 22.5 Å². The number of anilines is 3. The van der Waals surface area contributed by atoms with Crippen LogP contribution in [0.4, 0.5) is 22.7 Å². The maximum Gasteiger partial charge on any atom is 0.292 e. The van der Waals surface area contributed by atoms with Crippen LogP contribution >= 0.6 is 0 Å². The van der Waals surface area contributed by atoms with E-state index in [0.717, 1.165) is 11.4 Å². The zero-order valence-corrected chi connectivity index (χ0v) is 13.6. The van der Waals surface area contributed by atoms with E-state index < -0.39 is 4.92 Å². The molecule has 0 saturated heterocycles. The molecule has 132 valence electrons. The number of hydrogen-bond donors (Lipinski definition) is 5. The molecule has 0 radical (unpaired) electrons. The van der Waals surface area contributed by atoms with Gasteiger partial charge in [0.05, 0.1) is 16.3 Å². The molecule has 8 N–H and O–H groups in total. The van der Waals surface area contributed by atoms with Crippen molar-refractivity contribution in [3.63, 3.8) is 0 Å². The van der Waals surface area contributed by atoms with Gasteiger partial charge >= 0.3 is 0 Å². The molecule has 0 amide bonds. The fourth-order valence-electron chi connectivity index (χ4n) is 1.57. The number of nitrogen functional groups attached to an aromatic ring is 1. The first-order chi connectivity index (χ1) is 11.0. The molecule has 2 rings (SSSR count). The third-order valence-corrected chi connectivity index (χ3v) is 2.60. The minimum atomic E-state index is -0.411. The van der Waals surface area contributed by atoms with Crippen molar-refractivity contribution in [2.75, 3.05) is 30.5 Å². The van der Waals surface area contributed by atoms with Crippen molar-refractivity contribution in [3.05, 3.63) is 58.6 Å². The second-order valence-electron chi connectivity index (χ2n) is 3.97. The Hall–Kier alpha value is -3.33. The third kappa shape index (κ3) is 8.20. The first-order valence-corrected chi connectivity index (χ1v) is 6.53. The molecule has 0 aliphatic carbocycles. The fraction of sp³-hybridized carbons (Fsp3) is 0.133. The Kier molecular flexibility index (Phi) is 12.8. The molecule has 9 heteroatoms. The van der Waals surface area contributed by atoms with Crippen LogP contribution in [-0.2, 0) is 4.79 Å². The van der Waals surface area contributed by atoms with E-state index in [2.05, 4.69) is 10.6 Å². The van der Waals surface area contributed by atoms with Crippen molar-refractivity contribution in [1.82, 2.24) is 6.15 Å². The van der Waals surface area contributed by atoms with Gasteiger partial charge in [0.25, 0.3) is 12.2 Å². The van der Waals surface area contributed by atoms with Gasteiger partial charge in [-0.1, -0.05) is 24.3 Å². The molecule has 0 spiro atoms. The number of carboxylic acid groups (broad SMARTS) is 1. The predicted molar refractivity (Wildman–Crippen MR) is 96.8 cm³/mol. The highest BCUT2D eigenvalue weighted by Gasteiger charge is 2.09. The maximum atomic E-state index is 10.3. The first kappa shape index (κ1) is 22.9. The summed E-state index contributed by atoms with van der Waals surface area (Å²) in [7, 11) is 3.51. The van der Waals surface area contributed by atoms with Gasteiger partial charge in [0.1, 0.15) is 5.69 Å². The van der Waals surface area contributed by atoms with Crippen molar-refractivity contribution >= 4 is 29.2 Å². The molecule has 0 saturated carbocycles. The van der Waals surface area contributed by atoms with Crippen LogP contribution in [0.5, 0.6) is 0 Å². The number of hydrogen-bond acceptors (Lipinski definition) is 7. The number of carbonyl (C=O) groups is 1. The number of rotatable bonds is 3. The third-order valence-electron chi connectivity index (χ3n) is 2.60. The Balaban J connectivity index is 0. The molecule has 2 aromatic rings. The molecule has 0 fully saturated rings. The highest BCUT2D eigenvalue weighted by atomic mass is 16.6. The summed E-state index contributed by atoms with van der Waals surface area (Å²) in [5.74, 6) is 0. The molecule has 0 aromatic heterocycles. The van der Waals surface area contributed by atoms with E-state index in [9.17, 15) is 10.1 Å². The van der Waals surface area contributed by atoms with Crippen LogP contribution in [0.15, 0.2) is 48.5 Å². The molecular weight excluding hydrogens is 314 g/mol. The molecule has 0 aliphatic heterocycles. The number of nitrogens with two attached hydrogens (primary N) is 1. The van der Waals surface area contributed by atoms with E-state index >= 15 is 0 Å². The normalized spacial score (nSPS) is 8.08. The van der Waals surface area contributed by atoms with E-state index in [1.165, 1.54) is 6.07 Å². The maximum absolute atomic E-state index is 10.3. The lowest BCUT2D eigenvalue weighted by atomic mass is 10.3. The molecule has 0 atom stereocenters. The minimum Gasteiger partial charge on any atom is -0.483 e. The summed E-state index contributed by atoms with van der Waals surface area (Å²) >= 11 is 0. The van der Waals surface area contributed by atoms with Gasteiger partial charge < -0.3 is 27.6 Å². The topological polar surface area (TPSA) is 166 Å². The van der Waals surface area contributed by atoms with Crippen molar-refractivity contribution in [2.45, 2.75) is 0 Å². The molecule has 0 unspecified atom stereocenters. The van der Waals surface area contributed by atoms with Crippen molar-refractivity contribution in [1.29, 1.82) is 0 Å². The summed E-state index contributed by atoms with van der Waals surface area (Å²) in [5.41, 5.74) is 7.99. The number of nitro groups is 1. The quantitative estimate of drug-likeness (QED) is 0.247. The molecule has 0 heterocycles. The van der Waals surface area contributed by atoms with Gasteiger partial charge in [-0.2, -0.15) is 0 Å². The van der Waals surface area contributed by atoms with Gasteiger partial charge in [-0.15, -0.1) is 0 Å². The summed E-state index contributed by atoms with van der Waals surface area (Å²) in [6, 6.07) is 14.2. The number of nitro benzene ring substituents is 1. The fourth-order valence-corrected chi connectivity index (χ4v) is 1.57. The van der Waals surface area contributed by atoms with Gasteiger partial charge in [0.15, 0.2) is 0 Å². The Morgan fingerprint density at radius 1 is 1.04 bits per heavy atom. The average molecular weight is 337 g/mol. The van der Waals surface area contributed by atoms with Crippen LogP contribution in [0.25, 0.3) is 0 Å². The number of nitrogens with one attached hydrogen (secondary N) is 2. The average Bonchev–Trinajstić information content (AvgIpc) is 2.56. The van der Waals surface area contributed by atoms with Gasteiger partial charge in [-0.25, -0.2) is 0 Å². The van der Waals surface area contributed by atoms with Crippen LogP contribution in [0.1, 0.15) is 0 Å². The summed E-state index contributed by atoms with van der Waals surface area (Å²) in [6.07, 6.45) is 0. The largest absolute Gasteiger partial charge is 0.483 e. The summed E-state index contributed by atoms with van der Waals surface area (Å²) in [4.78, 5) is 18.3. The van der Waals surface area contributed by atoms with Crippen LogP contribution in [0.3, 0.4) is 0 Å². The molecular formula is C15H23N5O4. The van der Waals surface area contributed by atoms with Crippen LogP contribution in [0, 0.1) is 10.1 Å². The van der Waals surface area contributed by atoms with Crippen molar-refractivity contribution in [3.8, 4) is 0 Å². The first-order valence-electron chi connectivity index (χ1n) is 6.53. The number of nitrogens with zero attached hydrogens (tertiary/aromatic N) is 1. The van der Waals surface area contributed by atoms with Crippen LogP contribution in [-0.4, -0.2) is 30.6 Å². The lowest BCUT2D eigenvalue weighted by Crippen LogP contribution is -1.95. The van der Waals surface area contributed by atoms with E-state index in [0.29, 0.717) is 5.69 Å². The van der Waals surface area contributed by atoms with E-state index in [-0.39, 0.29) is 18.3 Å². The minimum absolute atomic E-state index is 0. The summed E-state index contributed by atoms with van der Waals surface area (Å²) in [5, 5.41) is 22.9. The molecule has 2 aromatic carbocycles. The standard InChI is InChI=1S/C7H8N2O2.C7H10N2.CH2O2.H3N/c1-8-6-4-2-3-5-7(6)9(10)11;1-9-7-5-3-2-4-6(7)8;2-1-3;/h2-5,8H,1H3;2-5,9H,8H2,1H3;1H,(H,2,3);1H3. The van der Waals surface area contributed by atoms with Gasteiger partial charge in [0, 0.05) is 20.2 Å². The zero-order chi connectivity index (χ0) is 17.7. The lowest BCUT2D eigenvalue weighted by molar-refractivity contribution is -0.383. The van der Waals surface area contributed by atoms with Gasteiger partial charge in [-0.05, 0) is 18.2 Å². The number of benzene rings is 2. The monoisotopic (exact) mass is 337 g/mol. The highest BCUT2D eigenvalue weighted by Crippen LogP contribution is 2.21. The van der Waals surface area contributed by atoms with Crippen molar-refractivity contribution in [2.24, 2.45) is 0 Å². The Morgan fingerprint density at radius 2 is 1.46 bits per heavy atom. The Labute approximate surface area is 140 Å². The number of para-hydroxylation sites is 4. The second kappa shape index (κ2) is 13.3. The van der Waals surface area contributed by atoms with Gasteiger partial charge in [0.2, 0.25) is 0 Å². The predicted octanol–water partition coefficient (Wildman–Crippen LogP) is 2.81. The smallest absolute Gasteiger partial charge is 0.292 e. The van der Waals surface area contributed by atoms with Crippen molar-refractivity contribution < 1.29 is 14.8 Å². The zero-order valence-electron chi connectivity index (χ0n) is 13.6. The highest BCUT2D eigenvalue weighted by molar-refractivity contribution is 5.65. The van der Waals surface area contributed by atoms with E-state index in [4.69, 9.17) is 15.6 Å². The van der Waals surface area contributed by atoms with Gasteiger partial charge in [-0.3, -0.25) is 14.9 Å². The SMILES string of the molecule is CNc1ccccc1N.CNc1ccccc1[N+](=O)[O-].N.O=CO.